The SMILES string of the molecule is COc1cc(C(=O)N2CCC(NC(=O)c3ccsc3)CC2)cc(OC)c1OCc1ccccc1. The van der Waals surface area contributed by atoms with Crippen LogP contribution in [0.15, 0.2) is 59.3 Å². The first-order valence-electron chi connectivity index (χ1n) is 11.1. The third kappa shape index (κ3) is 5.51. The second kappa shape index (κ2) is 11.1. The minimum absolute atomic E-state index is 0.0503. The van der Waals surface area contributed by atoms with E-state index in [-0.39, 0.29) is 17.9 Å². The number of amides is 2. The minimum Gasteiger partial charge on any atom is -0.493 e. The molecule has 0 aliphatic carbocycles. The highest BCUT2D eigenvalue weighted by Gasteiger charge is 2.27. The zero-order valence-electron chi connectivity index (χ0n) is 19.3. The molecule has 8 heteroatoms. The van der Waals surface area contributed by atoms with Gasteiger partial charge in [0.2, 0.25) is 5.75 Å². The summed E-state index contributed by atoms with van der Waals surface area (Å²) in [5.74, 6) is 1.17. The van der Waals surface area contributed by atoms with E-state index in [2.05, 4.69) is 5.32 Å². The van der Waals surface area contributed by atoms with Crippen LogP contribution in [0.2, 0.25) is 0 Å². The van der Waals surface area contributed by atoms with Gasteiger partial charge in [0, 0.05) is 35.6 Å². The monoisotopic (exact) mass is 480 g/mol. The summed E-state index contributed by atoms with van der Waals surface area (Å²) in [5.41, 5.74) is 2.17. The number of carbonyl (C=O) groups is 2. The van der Waals surface area contributed by atoms with E-state index in [0.717, 1.165) is 5.56 Å². The Morgan fingerprint density at radius 2 is 1.68 bits per heavy atom. The van der Waals surface area contributed by atoms with E-state index in [9.17, 15) is 9.59 Å². The van der Waals surface area contributed by atoms with Crippen molar-refractivity contribution in [2.75, 3.05) is 27.3 Å². The minimum atomic E-state index is -0.103. The predicted octanol–water partition coefficient (Wildman–Crippen LogP) is 4.38. The van der Waals surface area contributed by atoms with Crippen LogP contribution < -0.4 is 19.5 Å². The van der Waals surface area contributed by atoms with Crippen LogP contribution in [0.5, 0.6) is 17.2 Å². The number of hydrogen-bond donors (Lipinski definition) is 1. The Labute approximate surface area is 203 Å². The number of piperidine rings is 1. The number of nitrogens with zero attached hydrogens (tertiary/aromatic N) is 1. The Morgan fingerprint density at radius 3 is 2.26 bits per heavy atom. The van der Waals surface area contributed by atoms with Gasteiger partial charge >= 0.3 is 0 Å². The van der Waals surface area contributed by atoms with Crippen LogP contribution in [0.4, 0.5) is 0 Å². The Balaban J connectivity index is 1.41. The van der Waals surface area contributed by atoms with Crippen molar-refractivity contribution in [3.05, 3.63) is 76.0 Å². The molecule has 34 heavy (non-hydrogen) atoms. The summed E-state index contributed by atoms with van der Waals surface area (Å²) in [4.78, 5) is 27.3. The first kappa shape index (κ1) is 23.6. The summed E-state index contributed by atoms with van der Waals surface area (Å²) >= 11 is 1.50. The molecule has 0 bridgehead atoms. The molecule has 0 spiro atoms. The lowest BCUT2D eigenvalue weighted by Crippen LogP contribution is -2.46. The van der Waals surface area contributed by atoms with E-state index in [4.69, 9.17) is 14.2 Å². The van der Waals surface area contributed by atoms with Crippen molar-refractivity contribution in [2.24, 2.45) is 0 Å². The Bertz CT molecular complexity index is 1080. The van der Waals surface area contributed by atoms with E-state index in [0.29, 0.717) is 60.9 Å². The molecule has 1 aromatic heterocycles. The smallest absolute Gasteiger partial charge is 0.254 e. The largest absolute Gasteiger partial charge is 0.493 e. The van der Waals surface area contributed by atoms with Gasteiger partial charge in [-0.1, -0.05) is 30.3 Å². The van der Waals surface area contributed by atoms with Crippen LogP contribution in [0.3, 0.4) is 0 Å². The maximum absolute atomic E-state index is 13.2. The van der Waals surface area contributed by atoms with E-state index < -0.39 is 0 Å². The number of benzene rings is 2. The zero-order chi connectivity index (χ0) is 23.9. The van der Waals surface area contributed by atoms with Gasteiger partial charge in [0.1, 0.15) is 6.61 Å². The van der Waals surface area contributed by atoms with Gasteiger partial charge in [-0.2, -0.15) is 11.3 Å². The number of rotatable bonds is 8. The van der Waals surface area contributed by atoms with Crippen molar-refractivity contribution in [3.63, 3.8) is 0 Å². The quantitative estimate of drug-likeness (QED) is 0.518. The van der Waals surface area contributed by atoms with Crippen molar-refractivity contribution in [2.45, 2.75) is 25.5 Å². The lowest BCUT2D eigenvalue weighted by molar-refractivity contribution is 0.0697. The fourth-order valence-corrected chi connectivity index (χ4v) is 4.58. The normalized spacial score (nSPS) is 13.9. The molecular weight excluding hydrogens is 452 g/mol. The highest BCUT2D eigenvalue weighted by molar-refractivity contribution is 7.08. The topological polar surface area (TPSA) is 77.1 Å². The van der Waals surface area contributed by atoms with E-state index in [1.807, 2.05) is 47.2 Å². The second-order valence-corrected chi connectivity index (χ2v) is 8.82. The van der Waals surface area contributed by atoms with Gasteiger partial charge in [0.05, 0.1) is 14.2 Å². The van der Waals surface area contributed by atoms with Gasteiger partial charge in [-0.05, 0) is 42.0 Å². The summed E-state index contributed by atoms with van der Waals surface area (Å²) in [6, 6.07) is 15.0. The third-order valence-corrected chi connectivity index (χ3v) is 6.52. The van der Waals surface area contributed by atoms with Gasteiger partial charge in [-0.3, -0.25) is 9.59 Å². The molecule has 178 valence electrons. The van der Waals surface area contributed by atoms with E-state index in [1.54, 1.807) is 31.3 Å². The van der Waals surface area contributed by atoms with Crippen molar-refractivity contribution >= 4 is 23.2 Å². The van der Waals surface area contributed by atoms with Crippen LogP contribution in [0, 0.1) is 0 Å². The van der Waals surface area contributed by atoms with Crippen molar-refractivity contribution in [1.29, 1.82) is 0 Å². The third-order valence-electron chi connectivity index (χ3n) is 5.83. The molecule has 0 atom stereocenters. The van der Waals surface area contributed by atoms with Crippen LogP contribution in [-0.2, 0) is 6.61 Å². The standard InChI is InChI=1S/C26H28N2O5S/c1-31-22-14-20(15-23(32-2)24(22)33-16-18-6-4-3-5-7-18)26(30)28-11-8-21(9-12-28)27-25(29)19-10-13-34-17-19/h3-7,10,13-15,17,21H,8-9,11-12,16H2,1-2H3,(H,27,29). The molecule has 3 aromatic rings. The number of likely N-dealkylation sites (tertiary alicyclic amines) is 1. The fraction of sp³-hybridized carbons (Fsp3) is 0.308. The number of thiophene rings is 1. The Kier molecular flexibility index (Phi) is 7.69. The summed E-state index contributed by atoms with van der Waals surface area (Å²) in [6.07, 6.45) is 1.41. The number of carbonyl (C=O) groups excluding carboxylic acids is 2. The molecule has 1 aliphatic rings. The summed E-state index contributed by atoms with van der Waals surface area (Å²) in [6.45, 7) is 1.47. The highest BCUT2D eigenvalue weighted by Crippen LogP contribution is 2.39. The van der Waals surface area contributed by atoms with Crippen molar-refractivity contribution < 1.29 is 23.8 Å². The van der Waals surface area contributed by atoms with Gasteiger partial charge in [-0.15, -0.1) is 0 Å². The average molecular weight is 481 g/mol. The Hall–Kier alpha value is -3.52. The van der Waals surface area contributed by atoms with Gasteiger partial charge in [0.25, 0.3) is 11.8 Å². The highest BCUT2D eigenvalue weighted by atomic mass is 32.1. The molecule has 4 rings (SSSR count). The van der Waals surface area contributed by atoms with E-state index in [1.165, 1.54) is 11.3 Å². The number of nitrogens with one attached hydrogen (secondary N) is 1. The van der Waals surface area contributed by atoms with Crippen LogP contribution in [0.1, 0.15) is 39.1 Å². The summed E-state index contributed by atoms with van der Waals surface area (Å²) in [5, 5.41) is 6.79. The molecule has 1 aliphatic heterocycles. The summed E-state index contributed by atoms with van der Waals surface area (Å²) < 4.78 is 17.0. The molecule has 0 saturated carbocycles. The van der Waals surface area contributed by atoms with Crippen LogP contribution in [-0.4, -0.2) is 50.1 Å². The van der Waals surface area contributed by atoms with Gasteiger partial charge in [0.15, 0.2) is 11.5 Å². The fourth-order valence-electron chi connectivity index (χ4n) is 3.95. The summed E-state index contributed by atoms with van der Waals surface area (Å²) in [7, 11) is 3.08. The van der Waals surface area contributed by atoms with Crippen LogP contribution >= 0.6 is 11.3 Å². The molecular formula is C26H28N2O5S. The van der Waals surface area contributed by atoms with Gasteiger partial charge in [-0.25, -0.2) is 0 Å². The molecule has 0 unspecified atom stereocenters. The molecule has 1 fully saturated rings. The molecule has 1 saturated heterocycles. The van der Waals surface area contributed by atoms with Crippen molar-refractivity contribution in [1.82, 2.24) is 10.2 Å². The molecule has 0 radical (unpaired) electrons. The predicted molar refractivity (Wildman–Crippen MR) is 131 cm³/mol. The number of ether oxygens (including phenoxy) is 3. The first-order chi connectivity index (χ1) is 16.6. The lowest BCUT2D eigenvalue weighted by atomic mass is 10.0. The first-order valence-corrected chi connectivity index (χ1v) is 12.1. The van der Waals surface area contributed by atoms with Crippen LogP contribution in [0.25, 0.3) is 0 Å². The second-order valence-electron chi connectivity index (χ2n) is 8.04. The lowest BCUT2D eigenvalue weighted by Gasteiger charge is -2.32. The molecule has 2 amide bonds. The number of hydrogen-bond acceptors (Lipinski definition) is 6. The maximum atomic E-state index is 13.2. The Morgan fingerprint density at radius 1 is 1.00 bits per heavy atom. The van der Waals surface area contributed by atoms with E-state index >= 15 is 0 Å². The molecule has 7 nitrogen and oxygen atoms in total. The maximum Gasteiger partial charge on any atom is 0.254 e. The van der Waals surface area contributed by atoms with Gasteiger partial charge < -0.3 is 24.4 Å². The molecule has 2 aromatic carbocycles. The zero-order valence-corrected chi connectivity index (χ0v) is 20.1. The molecule has 1 N–H and O–H groups in total. The van der Waals surface area contributed by atoms with Crippen molar-refractivity contribution in [3.8, 4) is 17.2 Å². The molecule has 2 heterocycles. The number of methoxy groups -OCH3 is 2. The average Bonchev–Trinajstić information content (AvgIpc) is 3.43.